The molecule has 0 unspecified atom stereocenters. The minimum atomic E-state index is -4.16. The number of fused-ring (bicyclic) bond motifs is 1. The second-order valence-corrected chi connectivity index (χ2v) is 8.03. The molecule has 1 aliphatic heterocycles. The molecule has 1 aliphatic rings. The Hall–Kier alpha value is -3.92. The molecule has 1 amide bonds. The molecule has 1 N–H and O–H groups in total. The molecule has 10 heteroatoms. The first-order valence-corrected chi connectivity index (χ1v) is 10.5. The first-order chi connectivity index (χ1) is 14.9. The molecule has 0 radical (unpaired) electrons. The Morgan fingerprint density at radius 1 is 1.13 bits per heavy atom. The van der Waals surface area contributed by atoms with E-state index in [1.54, 1.807) is 37.5 Å². The number of hydrazone groups is 1. The van der Waals surface area contributed by atoms with Gasteiger partial charge in [-0.15, -0.1) is 0 Å². The van der Waals surface area contributed by atoms with E-state index in [0.717, 1.165) is 5.56 Å². The van der Waals surface area contributed by atoms with Crippen LogP contribution in [-0.2, 0) is 10.1 Å². The zero-order valence-electron chi connectivity index (χ0n) is 16.3. The number of rotatable bonds is 6. The van der Waals surface area contributed by atoms with Crippen molar-refractivity contribution < 1.29 is 26.9 Å². The molecule has 0 saturated heterocycles. The molecular formula is C21H17N3O6S. The summed E-state index contributed by atoms with van der Waals surface area (Å²) in [6, 6.07) is 12.2. The van der Waals surface area contributed by atoms with Crippen molar-refractivity contribution in [3.63, 3.8) is 0 Å². The maximum absolute atomic E-state index is 12.8. The third kappa shape index (κ3) is 4.64. The SMILES string of the molecule is Cc1cc2c(cc1S(=O)(=O)Oc1cccc(C(=O)N/N=C/c3ccncc3)c1)OCO2. The lowest BCUT2D eigenvalue weighted by Crippen LogP contribution is -2.18. The zero-order valence-corrected chi connectivity index (χ0v) is 17.1. The molecule has 4 rings (SSSR count). The molecule has 0 saturated carbocycles. The molecule has 0 fully saturated rings. The molecule has 158 valence electrons. The zero-order chi connectivity index (χ0) is 21.8. The highest BCUT2D eigenvalue weighted by Gasteiger charge is 2.25. The number of aromatic nitrogens is 1. The van der Waals surface area contributed by atoms with Gasteiger partial charge >= 0.3 is 10.1 Å². The van der Waals surface area contributed by atoms with Gasteiger partial charge in [0.2, 0.25) is 6.79 Å². The molecule has 3 aromatic rings. The maximum Gasteiger partial charge on any atom is 0.339 e. The number of carbonyl (C=O) groups excluding carboxylic acids is 1. The van der Waals surface area contributed by atoms with E-state index >= 15 is 0 Å². The van der Waals surface area contributed by atoms with Gasteiger partial charge in [0.15, 0.2) is 11.5 Å². The highest BCUT2D eigenvalue weighted by atomic mass is 32.2. The lowest BCUT2D eigenvalue weighted by Gasteiger charge is -2.11. The number of carbonyl (C=O) groups is 1. The van der Waals surface area contributed by atoms with Gasteiger partial charge in [-0.25, -0.2) is 5.43 Å². The average Bonchev–Trinajstić information content (AvgIpc) is 3.21. The van der Waals surface area contributed by atoms with Crippen molar-refractivity contribution in [1.82, 2.24) is 10.4 Å². The van der Waals surface area contributed by atoms with Crippen molar-refractivity contribution >= 4 is 22.2 Å². The van der Waals surface area contributed by atoms with Crippen molar-refractivity contribution in [1.29, 1.82) is 0 Å². The van der Waals surface area contributed by atoms with E-state index in [1.165, 1.54) is 36.5 Å². The summed E-state index contributed by atoms with van der Waals surface area (Å²) >= 11 is 0. The summed E-state index contributed by atoms with van der Waals surface area (Å²) in [4.78, 5) is 16.2. The molecule has 0 spiro atoms. The standard InChI is InChI=1S/C21H17N3O6S/c1-14-9-18-19(29-13-28-18)11-20(14)31(26,27)30-17-4-2-3-16(10-17)21(25)24-23-12-15-5-7-22-8-6-15/h2-12H,13H2,1H3,(H,24,25)/b23-12+. The van der Waals surface area contributed by atoms with Crippen LogP contribution in [0, 0.1) is 6.92 Å². The van der Waals surface area contributed by atoms with Crippen LogP contribution in [0.4, 0.5) is 0 Å². The van der Waals surface area contributed by atoms with Gasteiger partial charge in [-0.05, 0) is 54.4 Å². The van der Waals surface area contributed by atoms with Crippen molar-refractivity contribution in [2.45, 2.75) is 11.8 Å². The Balaban J connectivity index is 1.49. The summed E-state index contributed by atoms with van der Waals surface area (Å²) in [6.07, 6.45) is 4.67. The quantitative estimate of drug-likeness (QED) is 0.357. The minimum Gasteiger partial charge on any atom is -0.454 e. The Bertz CT molecular complexity index is 1260. The van der Waals surface area contributed by atoms with Gasteiger partial charge < -0.3 is 13.7 Å². The Kier molecular flexibility index (Phi) is 5.54. The van der Waals surface area contributed by atoms with E-state index in [0.29, 0.717) is 17.1 Å². The number of pyridine rings is 1. The first kappa shape index (κ1) is 20.4. The van der Waals surface area contributed by atoms with E-state index in [4.69, 9.17) is 13.7 Å². The molecule has 31 heavy (non-hydrogen) atoms. The molecule has 2 aromatic carbocycles. The van der Waals surface area contributed by atoms with Crippen LogP contribution in [0.3, 0.4) is 0 Å². The van der Waals surface area contributed by atoms with Crippen LogP contribution in [-0.4, -0.2) is 32.3 Å². The van der Waals surface area contributed by atoms with Gasteiger partial charge in [-0.3, -0.25) is 9.78 Å². The van der Waals surface area contributed by atoms with Gasteiger partial charge in [0.1, 0.15) is 10.6 Å². The molecule has 1 aromatic heterocycles. The minimum absolute atomic E-state index is 0.0113. The van der Waals surface area contributed by atoms with Crippen LogP contribution < -0.4 is 19.1 Å². The van der Waals surface area contributed by atoms with E-state index < -0.39 is 16.0 Å². The fourth-order valence-electron chi connectivity index (χ4n) is 2.83. The lowest BCUT2D eigenvalue weighted by atomic mass is 10.2. The number of nitrogens with one attached hydrogen (secondary N) is 1. The fraction of sp³-hybridized carbons (Fsp3) is 0.0952. The van der Waals surface area contributed by atoms with Crippen LogP contribution in [0.2, 0.25) is 0 Å². The topological polar surface area (TPSA) is 116 Å². The summed E-state index contributed by atoms with van der Waals surface area (Å²) in [7, 11) is -4.16. The number of benzene rings is 2. The molecule has 2 heterocycles. The molecular weight excluding hydrogens is 422 g/mol. The first-order valence-electron chi connectivity index (χ1n) is 9.10. The Labute approximate surface area is 178 Å². The van der Waals surface area contributed by atoms with Gasteiger partial charge in [0.05, 0.1) is 6.21 Å². The van der Waals surface area contributed by atoms with Crippen LogP contribution >= 0.6 is 0 Å². The third-order valence-electron chi connectivity index (χ3n) is 4.33. The van der Waals surface area contributed by atoms with Gasteiger partial charge in [-0.1, -0.05) is 6.07 Å². The number of ether oxygens (including phenoxy) is 2. The Morgan fingerprint density at radius 2 is 1.87 bits per heavy atom. The molecule has 0 aliphatic carbocycles. The second kappa shape index (κ2) is 8.44. The maximum atomic E-state index is 12.8. The monoisotopic (exact) mass is 439 g/mol. The van der Waals surface area contributed by atoms with Gasteiger partial charge in [-0.2, -0.15) is 13.5 Å². The van der Waals surface area contributed by atoms with E-state index in [2.05, 4.69) is 15.5 Å². The van der Waals surface area contributed by atoms with Crippen molar-refractivity contribution in [2.24, 2.45) is 5.10 Å². The fourth-order valence-corrected chi connectivity index (χ4v) is 3.99. The molecule has 0 atom stereocenters. The van der Waals surface area contributed by atoms with Crippen molar-refractivity contribution in [3.8, 4) is 17.2 Å². The predicted octanol–water partition coefficient (Wildman–Crippen LogP) is 2.65. The van der Waals surface area contributed by atoms with E-state index in [1.807, 2.05) is 0 Å². The normalized spacial score (nSPS) is 12.7. The highest BCUT2D eigenvalue weighted by molar-refractivity contribution is 7.87. The number of hydrogen-bond acceptors (Lipinski definition) is 8. The van der Waals surface area contributed by atoms with Gasteiger partial charge in [0, 0.05) is 24.0 Å². The smallest absolute Gasteiger partial charge is 0.339 e. The van der Waals surface area contributed by atoms with Crippen LogP contribution in [0.15, 0.2) is 70.9 Å². The third-order valence-corrected chi connectivity index (χ3v) is 5.72. The lowest BCUT2D eigenvalue weighted by molar-refractivity contribution is 0.0955. The average molecular weight is 439 g/mol. The largest absolute Gasteiger partial charge is 0.454 e. The number of hydrogen-bond donors (Lipinski definition) is 1. The highest BCUT2D eigenvalue weighted by Crippen LogP contribution is 2.36. The van der Waals surface area contributed by atoms with Crippen molar-refractivity contribution in [2.75, 3.05) is 6.79 Å². The second-order valence-electron chi connectivity index (χ2n) is 6.52. The summed E-state index contributed by atoms with van der Waals surface area (Å²) in [6.45, 7) is 1.66. The number of amides is 1. The molecule has 9 nitrogen and oxygen atoms in total. The summed E-state index contributed by atoms with van der Waals surface area (Å²) < 4.78 is 41.3. The van der Waals surface area contributed by atoms with E-state index in [-0.39, 0.29) is 23.0 Å². The number of aryl methyl sites for hydroxylation is 1. The Morgan fingerprint density at radius 3 is 2.65 bits per heavy atom. The van der Waals surface area contributed by atoms with Gasteiger partial charge in [0.25, 0.3) is 5.91 Å². The molecule has 0 bridgehead atoms. The summed E-state index contributed by atoms with van der Waals surface area (Å²) in [5.74, 6) is 0.269. The van der Waals surface area contributed by atoms with Crippen LogP contribution in [0.25, 0.3) is 0 Å². The predicted molar refractivity (Wildman–Crippen MR) is 111 cm³/mol. The van der Waals surface area contributed by atoms with Crippen molar-refractivity contribution in [3.05, 3.63) is 77.6 Å². The van der Waals surface area contributed by atoms with Crippen LogP contribution in [0.1, 0.15) is 21.5 Å². The number of nitrogens with zero attached hydrogens (tertiary/aromatic N) is 2. The van der Waals surface area contributed by atoms with E-state index in [9.17, 15) is 13.2 Å². The summed E-state index contributed by atoms with van der Waals surface area (Å²) in [5.41, 5.74) is 3.77. The van der Waals surface area contributed by atoms with Crippen LogP contribution in [0.5, 0.6) is 17.2 Å². The summed E-state index contributed by atoms with van der Waals surface area (Å²) in [5, 5.41) is 3.88.